The summed E-state index contributed by atoms with van der Waals surface area (Å²) in [7, 11) is 0. The van der Waals surface area contributed by atoms with Crippen LogP contribution in [0.3, 0.4) is 0 Å². The Morgan fingerprint density at radius 2 is 2.06 bits per heavy atom. The molecule has 0 atom stereocenters. The van der Waals surface area contributed by atoms with Crippen molar-refractivity contribution in [3.63, 3.8) is 0 Å². The van der Waals surface area contributed by atoms with Gasteiger partial charge in [0.2, 0.25) is 0 Å². The average molecular weight is 237 g/mol. The molecule has 0 bridgehead atoms. The van der Waals surface area contributed by atoms with E-state index in [-0.39, 0.29) is 0 Å². The predicted octanol–water partition coefficient (Wildman–Crippen LogP) is 4.84. The Kier molecular flexibility index (Phi) is 3.52. The van der Waals surface area contributed by atoms with Crippen LogP contribution >= 0.6 is 0 Å². The summed E-state index contributed by atoms with van der Waals surface area (Å²) in [4.78, 5) is 0. The van der Waals surface area contributed by atoms with E-state index in [0.717, 1.165) is 28.9 Å². The molecule has 0 amide bonds. The van der Waals surface area contributed by atoms with Gasteiger partial charge < -0.3 is 5.32 Å². The van der Waals surface area contributed by atoms with Gasteiger partial charge in [-0.05, 0) is 43.0 Å². The van der Waals surface area contributed by atoms with Crippen LogP contribution < -0.4 is 5.32 Å². The molecule has 0 radical (unpaired) electrons. The number of allylic oxidation sites excluding steroid dienone is 5. The molecule has 0 saturated carbocycles. The van der Waals surface area contributed by atoms with Crippen molar-refractivity contribution in [2.45, 2.75) is 20.3 Å². The zero-order valence-electron chi connectivity index (χ0n) is 11.1. The van der Waals surface area contributed by atoms with Crippen LogP contribution in [0.1, 0.15) is 24.5 Å². The van der Waals surface area contributed by atoms with Crippen molar-refractivity contribution < 1.29 is 0 Å². The maximum atomic E-state index is 4.11. The van der Waals surface area contributed by atoms with Crippen LogP contribution in [-0.4, -0.2) is 0 Å². The molecule has 0 aromatic heterocycles. The number of nitrogens with one attached hydrogen (secondary N) is 1. The maximum Gasteiger partial charge on any atom is 0.0419 e. The summed E-state index contributed by atoms with van der Waals surface area (Å²) in [5.41, 5.74) is 6.78. The predicted molar refractivity (Wildman–Crippen MR) is 80.5 cm³/mol. The molecule has 2 rings (SSSR count). The van der Waals surface area contributed by atoms with Gasteiger partial charge in [-0.15, -0.1) is 0 Å². The van der Waals surface area contributed by atoms with E-state index >= 15 is 0 Å². The van der Waals surface area contributed by atoms with E-state index in [1.54, 1.807) is 0 Å². The smallest absolute Gasteiger partial charge is 0.0419 e. The van der Waals surface area contributed by atoms with Gasteiger partial charge in [0.1, 0.15) is 0 Å². The van der Waals surface area contributed by atoms with Gasteiger partial charge in [-0.2, -0.15) is 0 Å². The first-order chi connectivity index (χ1) is 8.58. The van der Waals surface area contributed by atoms with E-state index < -0.39 is 0 Å². The fraction of sp³-hybridized carbons (Fsp3) is 0.176. The molecular weight excluding hydrogens is 218 g/mol. The van der Waals surface area contributed by atoms with Crippen molar-refractivity contribution in [3.8, 4) is 0 Å². The highest BCUT2D eigenvalue weighted by Crippen LogP contribution is 2.25. The maximum absolute atomic E-state index is 4.11. The normalized spacial score (nSPS) is 13.3. The van der Waals surface area contributed by atoms with Gasteiger partial charge in [0, 0.05) is 11.4 Å². The van der Waals surface area contributed by atoms with Crippen LogP contribution in [0.4, 0.5) is 5.69 Å². The highest BCUT2D eigenvalue weighted by atomic mass is 14.9. The molecule has 1 aliphatic carbocycles. The van der Waals surface area contributed by atoms with Gasteiger partial charge in [-0.3, -0.25) is 0 Å². The van der Waals surface area contributed by atoms with E-state index in [1.165, 1.54) is 11.1 Å². The number of anilines is 1. The minimum atomic E-state index is 0.963. The molecule has 1 N–H and O–H groups in total. The summed E-state index contributed by atoms with van der Waals surface area (Å²) in [6.45, 7) is 12.2. The van der Waals surface area contributed by atoms with Crippen molar-refractivity contribution in [1.82, 2.24) is 0 Å². The lowest BCUT2D eigenvalue weighted by Gasteiger charge is -2.14. The van der Waals surface area contributed by atoms with Crippen LogP contribution in [0.2, 0.25) is 0 Å². The molecule has 1 aromatic carbocycles. The number of hydrogen-bond donors (Lipinski definition) is 1. The Hall–Kier alpha value is -2.02. The quantitative estimate of drug-likeness (QED) is 0.790. The first-order valence-electron chi connectivity index (χ1n) is 6.16. The lowest BCUT2D eigenvalue weighted by atomic mass is 10.0. The fourth-order valence-electron chi connectivity index (χ4n) is 1.94. The second-order valence-electron chi connectivity index (χ2n) is 4.74. The van der Waals surface area contributed by atoms with Gasteiger partial charge in [0.15, 0.2) is 0 Å². The van der Waals surface area contributed by atoms with Crippen LogP contribution in [0.5, 0.6) is 0 Å². The van der Waals surface area contributed by atoms with Crippen molar-refractivity contribution in [2.24, 2.45) is 0 Å². The molecule has 0 heterocycles. The Balaban J connectivity index is 2.20. The largest absolute Gasteiger partial charge is 0.356 e. The van der Waals surface area contributed by atoms with Crippen molar-refractivity contribution >= 4 is 11.3 Å². The number of rotatable bonds is 4. The second-order valence-corrected chi connectivity index (χ2v) is 4.74. The summed E-state index contributed by atoms with van der Waals surface area (Å²) in [5.74, 6) is 0. The number of hydrogen-bond acceptors (Lipinski definition) is 1. The Morgan fingerprint density at radius 1 is 1.28 bits per heavy atom. The molecule has 0 spiro atoms. The third kappa shape index (κ3) is 2.62. The van der Waals surface area contributed by atoms with Gasteiger partial charge in [-0.1, -0.05) is 49.1 Å². The van der Waals surface area contributed by atoms with Crippen LogP contribution in [-0.2, 0) is 0 Å². The van der Waals surface area contributed by atoms with E-state index in [0.29, 0.717) is 0 Å². The molecular formula is C17H19N. The molecule has 1 heteroatoms. The minimum Gasteiger partial charge on any atom is -0.356 e. The Morgan fingerprint density at radius 3 is 2.67 bits per heavy atom. The van der Waals surface area contributed by atoms with E-state index in [9.17, 15) is 0 Å². The SMILES string of the molecule is C=C(Nc1cc(C(=C)C)ccc1C)C1=CC=CC1. The second kappa shape index (κ2) is 5.09. The van der Waals surface area contributed by atoms with E-state index in [4.69, 9.17) is 0 Å². The highest BCUT2D eigenvalue weighted by molar-refractivity contribution is 5.69. The van der Waals surface area contributed by atoms with Gasteiger partial charge in [-0.25, -0.2) is 0 Å². The first-order valence-corrected chi connectivity index (χ1v) is 6.16. The van der Waals surface area contributed by atoms with Gasteiger partial charge in [0.25, 0.3) is 0 Å². The zero-order chi connectivity index (χ0) is 13.1. The minimum absolute atomic E-state index is 0.963. The molecule has 0 aliphatic heterocycles. The molecule has 0 fully saturated rings. The summed E-state index contributed by atoms with van der Waals surface area (Å²) >= 11 is 0. The van der Waals surface area contributed by atoms with Crippen LogP contribution in [0.25, 0.3) is 5.57 Å². The summed E-state index contributed by atoms with van der Waals surface area (Å²) in [6, 6.07) is 6.34. The molecule has 1 nitrogen and oxygen atoms in total. The summed E-state index contributed by atoms with van der Waals surface area (Å²) < 4.78 is 0. The van der Waals surface area contributed by atoms with Crippen molar-refractivity contribution in [1.29, 1.82) is 0 Å². The monoisotopic (exact) mass is 237 g/mol. The zero-order valence-corrected chi connectivity index (χ0v) is 11.1. The standard InChI is InChI=1S/C17H19N/c1-12(2)16-10-9-13(3)17(11-16)18-14(4)15-7-5-6-8-15/h5-7,9-11,18H,1,4,8H2,2-3H3. The van der Waals surface area contributed by atoms with Crippen LogP contribution in [0, 0.1) is 6.92 Å². The lowest BCUT2D eigenvalue weighted by Crippen LogP contribution is -2.02. The van der Waals surface area contributed by atoms with E-state index in [2.05, 4.69) is 61.8 Å². The summed E-state index contributed by atoms with van der Waals surface area (Å²) in [5, 5.41) is 3.40. The highest BCUT2D eigenvalue weighted by Gasteiger charge is 2.07. The van der Waals surface area contributed by atoms with Crippen LogP contribution in [0.15, 0.2) is 60.9 Å². The lowest BCUT2D eigenvalue weighted by molar-refractivity contribution is 1.24. The van der Waals surface area contributed by atoms with Gasteiger partial charge >= 0.3 is 0 Å². The van der Waals surface area contributed by atoms with E-state index in [1.807, 2.05) is 6.92 Å². The third-order valence-electron chi connectivity index (χ3n) is 3.17. The molecule has 18 heavy (non-hydrogen) atoms. The molecule has 0 unspecified atom stereocenters. The van der Waals surface area contributed by atoms with Crippen molar-refractivity contribution in [3.05, 3.63) is 72.0 Å². The first kappa shape index (κ1) is 12.4. The molecule has 0 saturated heterocycles. The Bertz CT molecular complexity index is 559. The average Bonchev–Trinajstić information content (AvgIpc) is 2.85. The topological polar surface area (TPSA) is 12.0 Å². The number of benzene rings is 1. The fourth-order valence-corrected chi connectivity index (χ4v) is 1.94. The third-order valence-corrected chi connectivity index (χ3v) is 3.17. The number of aryl methyl sites for hydroxylation is 1. The summed E-state index contributed by atoms with van der Waals surface area (Å²) in [6.07, 6.45) is 7.27. The molecule has 92 valence electrons. The van der Waals surface area contributed by atoms with Gasteiger partial charge in [0.05, 0.1) is 0 Å². The molecule has 1 aliphatic rings. The molecule has 1 aromatic rings. The Labute approximate surface area is 109 Å². The van der Waals surface area contributed by atoms with Crippen molar-refractivity contribution in [2.75, 3.05) is 5.32 Å².